The predicted molar refractivity (Wildman–Crippen MR) is 83.8 cm³/mol. The number of rotatable bonds is 3. The summed E-state index contributed by atoms with van der Waals surface area (Å²) in [6, 6.07) is 5.10. The molecule has 3 heterocycles. The van der Waals surface area contributed by atoms with E-state index in [2.05, 4.69) is 15.4 Å². The molecule has 9 heteroatoms. The van der Waals surface area contributed by atoms with Crippen LogP contribution in [0.3, 0.4) is 0 Å². The van der Waals surface area contributed by atoms with Crippen molar-refractivity contribution < 1.29 is 17.6 Å². The molecular formula is C16H10F3N5O. The minimum absolute atomic E-state index is 0.0753. The Balaban J connectivity index is 1.97. The van der Waals surface area contributed by atoms with Gasteiger partial charge in [0.15, 0.2) is 17.5 Å². The van der Waals surface area contributed by atoms with E-state index in [4.69, 9.17) is 10.3 Å². The average Bonchev–Trinajstić information content (AvgIpc) is 3.20. The van der Waals surface area contributed by atoms with Crippen LogP contribution in [-0.4, -0.2) is 14.4 Å². The van der Waals surface area contributed by atoms with Crippen molar-refractivity contribution >= 4 is 11.7 Å². The van der Waals surface area contributed by atoms with E-state index in [1.165, 1.54) is 12.5 Å². The van der Waals surface area contributed by atoms with Crippen LogP contribution >= 0.6 is 0 Å². The molecule has 3 aromatic heterocycles. The predicted octanol–water partition coefficient (Wildman–Crippen LogP) is 3.36. The van der Waals surface area contributed by atoms with E-state index in [0.717, 1.165) is 12.1 Å². The zero-order chi connectivity index (χ0) is 17.6. The molecule has 126 valence electrons. The molecule has 0 atom stereocenters. The third kappa shape index (κ3) is 2.41. The molecule has 0 aliphatic carbocycles. The molecule has 25 heavy (non-hydrogen) atoms. The van der Waals surface area contributed by atoms with Gasteiger partial charge in [0, 0.05) is 23.5 Å². The second-order valence-corrected chi connectivity index (χ2v) is 5.19. The van der Waals surface area contributed by atoms with E-state index in [9.17, 15) is 13.2 Å². The highest BCUT2D eigenvalue weighted by molar-refractivity contribution is 5.81. The molecule has 0 bridgehead atoms. The van der Waals surface area contributed by atoms with Crippen LogP contribution in [0.15, 0.2) is 47.3 Å². The Morgan fingerprint density at radius 2 is 1.84 bits per heavy atom. The summed E-state index contributed by atoms with van der Waals surface area (Å²) in [6.07, 6.45) is 4.54. The van der Waals surface area contributed by atoms with Gasteiger partial charge in [-0.1, -0.05) is 0 Å². The van der Waals surface area contributed by atoms with Crippen LogP contribution in [0.1, 0.15) is 0 Å². The van der Waals surface area contributed by atoms with Gasteiger partial charge < -0.3 is 9.84 Å². The molecule has 0 saturated heterocycles. The van der Waals surface area contributed by atoms with Crippen molar-refractivity contribution in [1.82, 2.24) is 14.4 Å². The average molecular weight is 345 g/mol. The van der Waals surface area contributed by atoms with Crippen molar-refractivity contribution in [2.24, 2.45) is 5.84 Å². The molecule has 0 spiro atoms. The lowest BCUT2D eigenvalue weighted by Crippen LogP contribution is -2.08. The van der Waals surface area contributed by atoms with E-state index in [0.29, 0.717) is 17.1 Å². The van der Waals surface area contributed by atoms with Gasteiger partial charge in [-0.2, -0.15) is 4.98 Å². The third-order valence-electron chi connectivity index (χ3n) is 3.70. The van der Waals surface area contributed by atoms with Crippen molar-refractivity contribution in [2.75, 3.05) is 5.43 Å². The Morgan fingerprint density at radius 3 is 2.48 bits per heavy atom. The zero-order valence-electron chi connectivity index (χ0n) is 12.5. The number of benzene rings is 1. The van der Waals surface area contributed by atoms with Gasteiger partial charge in [0.05, 0.1) is 5.69 Å². The molecule has 0 fully saturated rings. The van der Waals surface area contributed by atoms with Crippen LogP contribution in [0.4, 0.5) is 19.0 Å². The number of halogens is 3. The Hall–Kier alpha value is -3.33. The number of anilines is 1. The highest BCUT2D eigenvalue weighted by Crippen LogP contribution is 2.34. The topological polar surface area (TPSA) is 81.4 Å². The van der Waals surface area contributed by atoms with Crippen molar-refractivity contribution in [3.63, 3.8) is 0 Å². The fraction of sp³-hybridized carbons (Fsp3) is 0. The van der Waals surface area contributed by atoms with E-state index in [1.807, 2.05) is 0 Å². The highest BCUT2D eigenvalue weighted by Gasteiger charge is 2.21. The first-order chi connectivity index (χ1) is 12.1. The van der Waals surface area contributed by atoms with E-state index < -0.39 is 17.5 Å². The van der Waals surface area contributed by atoms with Crippen molar-refractivity contribution in [3.05, 3.63) is 60.4 Å². The lowest BCUT2D eigenvalue weighted by atomic mass is 10.1. The summed E-state index contributed by atoms with van der Waals surface area (Å²) in [5.74, 6) is 1.82. The van der Waals surface area contributed by atoms with Gasteiger partial charge in [0.25, 0.3) is 0 Å². The minimum Gasteiger partial charge on any atom is -0.432 e. The zero-order valence-corrected chi connectivity index (χ0v) is 12.5. The van der Waals surface area contributed by atoms with Crippen LogP contribution in [-0.2, 0) is 0 Å². The van der Waals surface area contributed by atoms with Gasteiger partial charge in [-0.3, -0.25) is 4.40 Å². The lowest BCUT2D eigenvalue weighted by molar-refractivity contribution is 0.447. The number of oxazole rings is 1. The maximum atomic E-state index is 13.6. The van der Waals surface area contributed by atoms with E-state index in [1.54, 1.807) is 22.7 Å². The van der Waals surface area contributed by atoms with Crippen molar-refractivity contribution in [2.45, 2.75) is 0 Å². The lowest BCUT2D eigenvalue weighted by Gasteiger charge is -2.06. The smallest absolute Gasteiger partial charge is 0.306 e. The summed E-state index contributed by atoms with van der Waals surface area (Å²) < 4.78 is 47.4. The van der Waals surface area contributed by atoms with Gasteiger partial charge in [0.2, 0.25) is 0 Å². The first-order valence-corrected chi connectivity index (χ1v) is 7.12. The normalized spacial score (nSPS) is 11.2. The Labute approximate surface area is 138 Å². The van der Waals surface area contributed by atoms with Crippen LogP contribution in [0.5, 0.6) is 0 Å². The summed E-state index contributed by atoms with van der Waals surface area (Å²) >= 11 is 0. The van der Waals surface area contributed by atoms with Crippen LogP contribution < -0.4 is 11.3 Å². The third-order valence-corrected chi connectivity index (χ3v) is 3.70. The second-order valence-electron chi connectivity index (χ2n) is 5.19. The molecule has 1 aromatic carbocycles. The molecule has 0 saturated carbocycles. The summed E-state index contributed by atoms with van der Waals surface area (Å²) in [6.45, 7) is 0. The van der Waals surface area contributed by atoms with Gasteiger partial charge >= 0.3 is 5.84 Å². The largest absolute Gasteiger partial charge is 0.432 e. The number of aromatic nitrogens is 3. The number of nitrogens with one attached hydrogen (secondary N) is 1. The first-order valence-electron chi connectivity index (χ1n) is 7.12. The van der Waals surface area contributed by atoms with Gasteiger partial charge in [-0.05, 0) is 24.3 Å². The molecule has 0 unspecified atom stereocenters. The molecule has 6 nitrogen and oxygen atoms in total. The molecule has 0 aliphatic rings. The van der Waals surface area contributed by atoms with Crippen LogP contribution in [0, 0.1) is 17.5 Å². The Morgan fingerprint density at radius 1 is 1.08 bits per heavy atom. The molecule has 3 N–H and O–H groups in total. The molecular weight excluding hydrogens is 335 g/mol. The monoisotopic (exact) mass is 345 g/mol. The minimum atomic E-state index is -1.53. The summed E-state index contributed by atoms with van der Waals surface area (Å²) in [5, 5.41) is 0. The number of hydrazine groups is 1. The quantitative estimate of drug-likeness (QED) is 0.338. The number of nitrogen functional groups attached to an aromatic ring is 1. The van der Waals surface area contributed by atoms with E-state index >= 15 is 0 Å². The SMILES string of the molecule is NNc1ccc(-c2c(-c3cc(F)c(F)c(F)c3)nc3occn23)cn1. The summed E-state index contributed by atoms with van der Waals surface area (Å²) in [5.41, 5.74) is 3.81. The number of fused-ring (bicyclic) bond motifs is 1. The van der Waals surface area contributed by atoms with Gasteiger partial charge in [0.1, 0.15) is 17.8 Å². The molecule has 0 amide bonds. The summed E-state index contributed by atoms with van der Waals surface area (Å²) in [4.78, 5) is 8.36. The standard InChI is InChI=1S/C16H10F3N5O/c17-10-5-9(6-11(18)13(10)19)14-15(24-3-4-25-16(24)22-14)8-1-2-12(23-20)21-7-8/h1-7H,20H2,(H,21,23). The summed E-state index contributed by atoms with van der Waals surface area (Å²) in [7, 11) is 0. The van der Waals surface area contributed by atoms with Gasteiger partial charge in [-0.25, -0.2) is 24.0 Å². The first kappa shape index (κ1) is 15.2. The van der Waals surface area contributed by atoms with Crippen molar-refractivity contribution in [3.8, 4) is 22.5 Å². The molecule has 0 radical (unpaired) electrons. The number of nitrogens with two attached hydrogens (primary N) is 1. The van der Waals surface area contributed by atoms with Crippen LogP contribution in [0.25, 0.3) is 28.4 Å². The molecule has 4 rings (SSSR count). The number of nitrogens with zero attached hydrogens (tertiary/aromatic N) is 3. The molecule has 4 aromatic rings. The number of hydrogen-bond acceptors (Lipinski definition) is 5. The maximum Gasteiger partial charge on any atom is 0.306 e. The van der Waals surface area contributed by atoms with E-state index in [-0.39, 0.29) is 17.1 Å². The maximum absolute atomic E-state index is 13.6. The fourth-order valence-electron chi connectivity index (χ4n) is 2.57. The highest BCUT2D eigenvalue weighted by atomic mass is 19.2. The second kappa shape index (κ2) is 5.64. The number of hydrogen-bond donors (Lipinski definition) is 2. The number of imidazole rings is 1. The van der Waals surface area contributed by atoms with Crippen molar-refractivity contribution in [1.29, 1.82) is 0 Å². The van der Waals surface area contributed by atoms with Gasteiger partial charge in [-0.15, -0.1) is 0 Å². The molecule has 0 aliphatic heterocycles. The fourth-order valence-corrected chi connectivity index (χ4v) is 2.57. The number of pyridine rings is 1. The van der Waals surface area contributed by atoms with Crippen LogP contribution in [0.2, 0.25) is 0 Å². The Bertz CT molecular complexity index is 1050. The Kier molecular flexibility index (Phi) is 3.43.